The molecule has 2 unspecified atom stereocenters. The smallest absolute Gasteiger partial charge is 0.408 e. The van der Waals surface area contributed by atoms with Gasteiger partial charge >= 0.3 is 6.09 Å². The number of rotatable bonds is 9. The molecule has 35 heavy (non-hydrogen) atoms. The van der Waals surface area contributed by atoms with Crippen molar-refractivity contribution in [2.45, 2.75) is 96.9 Å². The van der Waals surface area contributed by atoms with E-state index in [9.17, 15) is 24.6 Å². The lowest BCUT2D eigenvalue weighted by atomic mass is 9.94. The number of phenolic OH excluding ortho intramolecular Hbond substituents is 1. The third-order valence-electron chi connectivity index (χ3n) is 5.97. The van der Waals surface area contributed by atoms with Crippen LogP contribution in [0, 0.1) is 6.92 Å². The van der Waals surface area contributed by atoms with Crippen molar-refractivity contribution in [1.29, 1.82) is 0 Å². The predicted octanol–water partition coefficient (Wildman–Crippen LogP) is 3.31. The van der Waals surface area contributed by atoms with Crippen molar-refractivity contribution in [3.63, 3.8) is 0 Å². The highest BCUT2D eigenvalue weighted by molar-refractivity contribution is 5.92. The maximum Gasteiger partial charge on any atom is 0.408 e. The zero-order valence-corrected chi connectivity index (χ0v) is 21.6. The van der Waals surface area contributed by atoms with Crippen LogP contribution in [0.1, 0.15) is 83.4 Å². The molecule has 0 radical (unpaired) electrons. The van der Waals surface area contributed by atoms with Gasteiger partial charge in [0.15, 0.2) is 0 Å². The predicted molar refractivity (Wildman–Crippen MR) is 133 cm³/mol. The highest BCUT2D eigenvalue weighted by atomic mass is 16.6. The molecule has 9 nitrogen and oxygen atoms in total. The van der Waals surface area contributed by atoms with Gasteiger partial charge < -0.3 is 30.5 Å². The molecule has 3 amide bonds. The molecule has 1 aromatic carbocycles. The molecule has 1 aliphatic carbocycles. The van der Waals surface area contributed by atoms with E-state index in [4.69, 9.17) is 4.74 Å². The van der Waals surface area contributed by atoms with Gasteiger partial charge in [-0.05, 0) is 70.2 Å². The average molecular weight is 492 g/mol. The lowest BCUT2D eigenvalue weighted by Crippen LogP contribution is -2.55. The van der Waals surface area contributed by atoms with Crippen molar-refractivity contribution < 1.29 is 29.3 Å². The number of aliphatic hydroxyl groups excluding tert-OH is 1. The van der Waals surface area contributed by atoms with Crippen molar-refractivity contribution in [1.82, 2.24) is 15.5 Å². The molecular formula is C26H41N3O6. The monoisotopic (exact) mass is 491 g/mol. The lowest BCUT2D eigenvalue weighted by Gasteiger charge is -2.35. The Morgan fingerprint density at radius 3 is 2.37 bits per heavy atom. The number of phenols is 1. The Balaban J connectivity index is 2.38. The normalized spacial score (nSPS) is 16.2. The van der Waals surface area contributed by atoms with E-state index < -0.39 is 36.3 Å². The van der Waals surface area contributed by atoms with Gasteiger partial charge in [0.05, 0.1) is 6.61 Å². The third kappa shape index (κ3) is 8.42. The standard InChI is InChI=1S/C26H41N3O6/c1-6-14-29(24(33)20(16-30)28-25(34)35-26(3,4)5)22(18-12-13-21(31)17(2)15-18)23(32)27-19-10-8-7-9-11-19/h12-13,15,19-20,22,30-31H,6-11,14,16H2,1-5H3,(H,27,32)(H,28,34). The number of benzene rings is 1. The Bertz CT molecular complexity index is 876. The first-order valence-corrected chi connectivity index (χ1v) is 12.5. The molecular weight excluding hydrogens is 450 g/mol. The summed E-state index contributed by atoms with van der Waals surface area (Å²) in [5.74, 6) is -0.819. The van der Waals surface area contributed by atoms with E-state index in [1.807, 2.05) is 6.92 Å². The number of hydrogen-bond acceptors (Lipinski definition) is 6. The number of aliphatic hydroxyl groups is 1. The SMILES string of the molecule is CCCN(C(=O)C(CO)NC(=O)OC(C)(C)C)C(C(=O)NC1CCCCC1)c1ccc(O)c(C)c1. The fourth-order valence-corrected chi connectivity index (χ4v) is 4.29. The van der Waals surface area contributed by atoms with Crippen LogP contribution in [0.15, 0.2) is 18.2 Å². The fraction of sp³-hybridized carbons (Fsp3) is 0.654. The summed E-state index contributed by atoms with van der Waals surface area (Å²) in [5, 5.41) is 25.5. The number of carbonyl (C=O) groups is 3. The molecule has 0 heterocycles. The molecule has 2 rings (SSSR count). The van der Waals surface area contributed by atoms with Gasteiger partial charge in [-0.3, -0.25) is 9.59 Å². The topological polar surface area (TPSA) is 128 Å². The molecule has 1 aliphatic rings. The Kier molecular flexibility index (Phi) is 10.4. The summed E-state index contributed by atoms with van der Waals surface area (Å²) < 4.78 is 5.24. The molecule has 0 saturated heterocycles. The summed E-state index contributed by atoms with van der Waals surface area (Å²) in [4.78, 5) is 40.9. The van der Waals surface area contributed by atoms with E-state index in [1.165, 1.54) is 11.0 Å². The summed E-state index contributed by atoms with van der Waals surface area (Å²) in [6, 6.07) is 2.58. The summed E-state index contributed by atoms with van der Waals surface area (Å²) in [6.07, 6.45) is 4.71. The van der Waals surface area contributed by atoms with E-state index in [0.29, 0.717) is 17.5 Å². The number of ether oxygens (including phenoxy) is 1. The molecule has 0 aromatic heterocycles. The number of amides is 3. The summed E-state index contributed by atoms with van der Waals surface area (Å²) in [5.41, 5.74) is 0.346. The van der Waals surface area contributed by atoms with Crippen molar-refractivity contribution in [2.24, 2.45) is 0 Å². The maximum atomic E-state index is 13.6. The number of carbonyl (C=O) groups excluding carboxylic acids is 3. The van der Waals surface area contributed by atoms with Gasteiger partial charge in [0.25, 0.3) is 0 Å². The van der Waals surface area contributed by atoms with Gasteiger partial charge in [-0.2, -0.15) is 0 Å². The van der Waals surface area contributed by atoms with E-state index in [0.717, 1.165) is 32.1 Å². The van der Waals surface area contributed by atoms with Crippen LogP contribution in [-0.4, -0.2) is 63.9 Å². The van der Waals surface area contributed by atoms with Gasteiger partial charge in [0.1, 0.15) is 23.4 Å². The van der Waals surface area contributed by atoms with Crippen molar-refractivity contribution in [3.05, 3.63) is 29.3 Å². The van der Waals surface area contributed by atoms with E-state index in [2.05, 4.69) is 10.6 Å². The van der Waals surface area contributed by atoms with Crippen LogP contribution in [0.4, 0.5) is 4.79 Å². The first kappa shape index (κ1) is 28.4. The van der Waals surface area contributed by atoms with Crippen LogP contribution in [0.25, 0.3) is 0 Å². The molecule has 2 atom stereocenters. The summed E-state index contributed by atoms with van der Waals surface area (Å²) in [6.45, 7) is 8.28. The van der Waals surface area contributed by atoms with Crippen LogP contribution in [-0.2, 0) is 14.3 Å². The van der Waals surface area contributed by atoms with Gasteiger partial charge in [-0.25, -0.2) is 4.79 Å². The number of hydrogen-bond donors (Lipinski definition) is 4. The van der Waals surface area contributed by atoms with E-state index in [-0.39, 0.29) is 24.2 Å². The first-order chi connectivity index (χ1) is 16.5. The maximum absolute atomic E-state index is 13.6. The van der Waals surface area contributed by atoms with Crippen LogP contribution >= 0.6 is 0 Å². The molecule has 4 N–H and O–H groups in total. The largest absolute Gasteiger partial charge is 0.508 e. The van der Waals surface area contributed by atoms with E-state index >= 15 is 0 Å². The molecule has 196 valence electrons. The van der Waals surface area contributed by atoms with Gasteiger partial charge in [0.2, 0.25) is 11.8 Å². The third-order valence-corrected chi connectivity index (χ3v) is 5.97. The zero-order valence-electron chi connectivity index (χ0n) is 21.6. The molecule has 0 spiro atoms. The molecule has 9 heteroatoms. The van der Waals surface area contributed by atoms with Crippen LogP contribution < -0.4 is 10.6 Å². The molecule has 1 aromatic rings. The second kappa shape index (κ2) is 12.8. The summed E-state index contributed by atoms with van der Waals surface area (Å²) in [7, 11) is 0. The molecule has 1 saturated carbocycles. The van der Waals surface area contributed by atoms with Crippen molar-refractivity contribution in [2.75, 3.05) is 13.2 Å². The van der Waals surface area contributed by atoms with Crippen LogP contribution in [0.2, 0.25) is 0 Å². The highest BCUT2D eigenvalue weighted by Crippen LogP contribution is 2.28. The minimum atomic E-state index is -1.28. The minimum absolute atomic E-state index is 0.0315. The average Bonchev–Trinajstić information content (AvgIpc) is 2.78. The Labute approximate surface area is 208 Å². The highest BCUT2D eigenvalue weighted by Gasteiger charge is 2.36. The fourth-order valence-electron chi connectivity index (χ4n) is 4.29. The van der Waals surface area contributed by atoms with Crippen molar-refractivity contribution in [3.8, 4) is 5.75 Å². The summed E-state index contributed by atoms with van der Waals surface area (Å²) >= 11 is 0. The van der Waals surface area contributed by atoms with Crippen LogP contribution in [0.5, 0.6) is 5.75 Å². The molecule has 1 fully saturated rings. The zero-order chi connectivity index (χ0) is 26.2. The van der Waals surface area contributed by atoms with Gasteiger partial charge in [0, 0.05) is 12.6 Å². The first-order valence-electron chi connectivity index (χ1n) is 12.5. The van der Waals surface area contributed by atoms with E-state index in [1.54, 1.807) is 39.8 Å². The molecule has 0 bridgehead atoms. The minimum Gasteiger partial charge on any atom is -0.508 e. The van der Waals surface area contributed by atoms with Crippen LogP contribution in [0.3, 0.4) is 0 Å². The second-order valence-corrected chi connectivity index (χ2v) is 10.2. The number of alkyl carbamates (subject to hydrolysis) is 1. The second-order valence-electron chi connectivity index (χ2n) is 10.2. The Morgan fingerprint density at radius 1 is 1.17 bits per heavy atom. The number of nitrogens with zero attached hydrogens (tertiary/aromatic N) is 1. The quantitative estimate of drug-likeness (QED) is 0.420. The Morgan fingerprint density at radius 2 is 1.83 bits per heavy atom. The van der Waals surface area contributed by atoms with Gasteiger partial charge in [-0.15, -0.1) is 0 Å². The lowest BCUT2D eigenvalue weighted by molar-refractivity contribution is -0.143. The van der Waals surface area contributed by atoms with Crippen molar-refractivity contribution >= 4 is 17.9 Å². The van der Waals surface area contributed by atoms with Gasteiger partial charge in [-0.1, -0.05) is 32.3 Å². The number of aromatic hydroxyl groups is 1. The number of nitrogens with one attached hydrogen (secondary N) is 2. The molecule has 0 aliphatic heterocycles. The number of aryl methyl sites for hydroxylation is 1. The Hall–Kier alpha value is -2.81.